The minimum Gasteiger partial charge on any atom is -0.340 e. The highest BCUT2D eigenvalue weighted by Crippen LogP contribution is 2.29. The van der Waals surface area contributed by atoms with Crippen molar-refractivity contribution in [2.24, 2.45) is 0 Å². The zero-order chi connectivity index (χ0) is 20.1. The molecular formula is C23H24FN3O. The second kappa shape index (κ2) is 8.65. The van der Waals surface area contributed by atoms with Crippen LogP contribution in [0, 0.1) is 12.7 Å². The molecule has 0 aliphatic carbocycles. The Morgan fingerprint density at radius 3 is 2.46 bits per heavy atom. The van der Waals surface area contributed by atoms with E-state index in [4.69, 9.17) is 0 Å². The van der Waals surface area contributed by atoms with Crippen molar-refractivity contribution < 1.29 is 9.18 Å². The molecule has 0 fully saturated rings. The van der Waals surface area contributed by atoms with Crippen LogP contribution in [0.15, 0.2) is 60.8 Å². The van der Waals surface area contributed by atoms with E-state index in [0.29, 0.717) is 17.4 Å². The van der Waals surface area contributed by atoms with Crippen molar-refractivity contribution in [2.45, 2.75) is 33.1 Å². The Balaban J connectivity index is 1.65. The summed E-state index contributed by atoms with van der Waals surface area (Å²) in [6.45, 7) is 6.39. The van der Waals surface area contributed by atoms with Crippen LogP contribution in [-0.2, 0) is 11.2 Å². The fourth-order valence-corrected chi connectivity index (χ4v) is 3.00. The smallest absolute Gasteiger partial charge is 0.228 e. The molecule has 1 amide bonds. The molecule has 0 unspecified atom stereocenters. The maximum atomic E-state index is 12.9. The highest BCUT2D eigenvalue weighted by Gasteiger charge is 2.10. The van der Waals surface area contributed by atoms with Crippen LogP contribution in [0.4, 0.5) is 21.6 Å². The number of para-hydroxylation sites is 1. The Morgan fingerprint density at radius 1 is 1.07 bits per heavy atom. The number of hydrogen-bond acceptors (Lipinski definition) is 3. The molecule has 0 radical (unpaired) electrons. The molecule has 0 spiro atoms. The van der Waals surface area contributed by atoms with Gasteiger partial charge in [-0.25, -0.2) is 9.37 Å². The van der Waals surface area contributed by atoms with Crippen molar-refractivity contribution in [1.82, 2.24) is 4.98 Å². The molecule has 3 rings (SSSR count). The summed E-state index contributed by atoms with van der Waals surface area (Å²) in [5.41, 5.74) is 4.83. The van der Waals surface area contributed by atoms with Gasteiger partial charge in [-0.2, -0.15) is 0 Å². The summed E-state index contributed by atoms with van der Waals surface area (Å²) in [4.78, 5) is 16.6. The molecule has 1 aromatic heterocycles. The molecule has 1 heterocycles. The van der Waals surface area contributed by atoms with Gasteiger partial charge in [0.1, 0.15) is 11.6 Å². The third-order valence-corrected chi connectivity index (χ3v) is 4.51. The Hall–Kier alpha value is -3.21. The van der Waals surface area contributed by atoms with Crippen molar-refractivity contribution in [3.8, 4) is 0 Å². The molecule has 4 nitrogen and oxygen atoms in total. The topological polar surface area (TPSA) is 54.0 Å². The summed E-state index contributed by atoms with van der Waals surface area (Å²) in [6, 6.07) is 15.8. The summed E-state index contributed by atoms with van der Waals surface area (Å²) in [5.74, 6) is 0.626. The number of carbonyl (C=O) groups is 1. The van der Waals surface area contributed by atoms with Gasteiger partial charge in [-0.15, -0.1) is 0 Å². The second-order valence-electron chi connectivity index (χ2n) is 7.10. The Bertz CT molecular complexity index is 951. The number of benzene rings is 2. The number of amides is 1. The first-order chi connectivity index (χ1) is 13.4. The minimum absolute atomic E-state index is 0.171. The van der Waals surface area contributed by atoms with Crippen molar-refractivity contribution in [3.05, 3.63) is 83.3 Å². The van der Waals surface area contributed by atoms with Gasteiger partial charge < -0.3 is 10.6 Å². The van der Waals surface area contributed by atoms with E-state index >= 15 is 0 Å². The van der Waals surface area contributed by atoms with Crippen LogP contribution in [0.25, 0.3) is 0 Å². The summed E-state index contributed by atoms with van der Waals surface area (Å²) in [5, 5.41) is 6.20. The van der Waals surface area contributed by atoms with Crippen LogP contribution >= 0.6 is 0 Å². The van der Waals surface area contributed by atoms with E-state index in [-0.39, 0.29) is 18.1 Å². The van der Waals surface area contributed by atoms with E-state index in [1.54, 1.807) is 18.3 Å². The van der Waals surface area contributed by atoms with Crippen LogP contribution in [0.2, 0.25) is 0 Å². The Morgan fingerprint density at radius 2 is 1.82 bits per heavy atom. The molecule has 0 aliphatic heterocycles. The van der Waals surface area contributed by atoms with E-state index in [0.717, 1.165) is 16.8 Å². The summed E-state index contributed by atoms with van der Waals surface area (Å²) in [6.07, 6.45) is 1.81. The lowest BCUT2D eigenvalue weighted by Crippen LogP contribution is -2.14. The molecule has 0 bridgehead atoms. The number of rotatable bonds is 6. The quantitative estimate of drug-likeness (QED) is 0.590. The molecule has 5 heteroatoms. The number of aromatic nitrogens is 1. The molecule has 0 aliphatic rings. The van der Waals surface area contributed by atoms with Gasteiger partial charge in [0.2, 0.25) is 5.91 Å². The molecule has 2 aromatic carbocycles. The largest absolute Gasteiger partial charge is 0.340 e. The number of carbonyl (C=O) groups excluding carboxylic acids is 1. The van der Waals surface area contributed by atoms with Crippen molar-refractivity contribution >= 4 is 23.1 Å². The van der Waals surface area contributed by atoms with Gasteiger partial charge in [0.25, 0.3) is 0 Å². The SMILES string of the molecule is Cc1cccc(C(C)C)c1Nc1ccc(NC(=O)Cc2ccc(F)cc2)cn1. The lowest BCUT2D eigenvalue weighted by atomic mass is 9.98. The van der Waals surface area contributed by atoms with Gasteiger partial charge in [-0.3, -0.25) is 4.79 Å². The molecule has 0 saturated carbocycles. The van der Waals surface area contributed by atoms with Crippen LogP contribution < -0.4 is 10.6 Å². The van der Waals surface area contributed by atoms with E-state index in [9.17, 15) is 9.18 Å². The van der Waals surface area contributed by atoms with Crippen LogP contribution in [-0.4, -0.2) is 10.9 Å². The molecule has 144 valence electrons. The van der Waals surface area contributed by atoms with E-state index in [1.807, 2.05) is 12.1 Å². The van der Waals surface area contributed by atoms with Crippen molar-refractivity contribution in [2.75, 3.05) is 10.6 Å². The van der Waals surface area contributed by atoms with Crippen LogP contribution in [0.1, 0.15) is 36.5 Å². The van der Waals surface area contributed by atoms with E-state index in [2.05, 4.69) is 54.6 Å². The number of nitrogens with one attached hydrogen (secondary N) is 2. The highest BCUT2D eigenvalue weighted by molar-refractivity contribution is 5.92. The van der Waals surface area contributed by atoms with Crippen molar-refractivity contribution in [3.63, 3.8) is 0 Å². The van der Waals surface area contributed by atoms with E-state index in [1.165, 1.54) is 17.7 Å². The zero-order valence-corrected chi connectivity index (χ0v) is 16.3. The number of hydrogen-bond donors (Lipinski definition) is 2. The third-order valence-electron chi connectivity index (χ3n) is 4.51. The van der Waals surface area contributed by atoms with Gasteiger partial charge >= 0.3 is 0 Å². The first kappa shape index (κ1) is 19.5. The maximum absolute atomic E-state index is 12.9. The number of anilines is 3. The average Bonchev–Trinajstić information content (AvgIpc) is 2.66. The molecule has 0 saturated heterocycles. The molecule has 3 aromatic rings. The molecule has 0 atom stereocenters. The lowest BCUT2D eigenvalue weighted by molar-refractivity contribution is -0.115. The number of pyridine rings is 1. The van der Waals surface area contributed by atoms with Gasteiger partial charge in [0.15, 0.2) is 0 Å². The van der Waals surface area contributed by atoms with Gasteiger partial charge in [0, 0.05) is 5.69 Å². The number of aryl methyl sites for hydroxylation is 1. The molecular weight excluding hydrogens is 353 g/mol. The van der Waals surface area contributed by atoms with Crippen LogP contribution in [0.3, 0.4) is 0 Å². The fourth-order valence-electron chi connectivity index (χ4n) is 3.00. The van der Waals surface area contributed by atoms with Gasteiger partial charge in [-0.1, -0.05) is 44.2 Å². The summed E-state index contributed by atoms with van der Waals surface area (Å²) >= 11 is 0. The highest BCUT2D eigenvalue weighted by atomic mass is 19.1. The zero-order valence-electron chi connectivity index (χ0n) is 16.3. The predicted octanol–water partition coefficient (Wildman–Crippen LogP) is 5.58. The summed E-state index contributed by atoms with van der Waals surface area (Å²) in [7, 11) is 0. The molecule has 28 heavy (non-hydrogen) atoms. The van der Waals surface area contributed by atoms with E-state index < -0.39 is 0 Å². The van der Waals surface area contributed by atoms with Crippen LogP contribution in [0.5, 0.6) is 0 Å². The number of halogens is 1. The third kappa shape index (κ3) is 4.94. The average molecular weight is 377 g/mol. The number of nitrogens with zero attached hydrogens (tertiary/aromatic N) is 1. The Labute approximate surface area is 164 Å². The van der Waals surface area contributed by atoms with Gasteiger partial charge in [-0.05, 0) is 53.8 Å². The Kier molecular flexibility index (Phi) is 6.04. The normalized spacial score (nSPS) is 10.8. The minimum atomic E-state index is -0.314. The second-order valence-corrected chi connectivity index (χ2v) is 7.10. The van der Waals surface area contributed by atoms with Crippen molar-refractivity contribution in [1.29, 1.82) is 0 Å². The fraction of sp³-hybridized carbons (Fsp3) is 0.217. The van der Waals surface area contributed by atoms with Gasteiger partial charge in [0.05, 0.1) is 18.3 Å². The maximum Gasteiger partial charge on any atom is 0.228 e. The monoisotopic (exact) mass is 377 g/mol. The predicted molar refractivity (Wildman–Crippen MR) is 112 cm³/mol. The lowest BCUT2D eigenvalue weighted by Gasteiger charge is -2.17. The summed E-state index contributed by atoms with van der Waals surface area (Å²) < 4.78 is 12.9. The first-order valence-electron chi connectivity index (χ1n) is 9.29. The molecule has 2 N–H and O–H groups in total. The standard InChI is InChI=1S/C23H24FN3O/c1-15(2)20-6-4-5-16(3)23(20)27-21-12-11-19(14-25-21)26-22(28)13-17-7-9-18(24)10-8-17/h4-12,14-15H,13H2,1-3H3,(H,25,27)(H,26,28). The first-order valence-corrected chi connectivity index (χ1v) is 9.29.